The molecule has 2 aromatic rings. The van der Waals surface area contributed by atoms with Crippen LogP contribution in [0.25, 0.3) is 0 Å². The topological polar surface area (TPSA) is 95.0 Å². The number of nitrogens with zero attached hydrogens (tertiary/aromatic N) is 3. The highest BCUT2D eigenvalue weighted by Gasteiger charge is 2.30. The summed E-state index contributed by atoms with van der Waals surface area (Å²) in [7, 11) is 0. The normalized spacial score (nSPS) is 19.0. The van der Waals surface area contributed by atoms with E-state index in [0.717, 1.165) is 5.56 Å². The molecular formula is C20H21ClN4O4. The molecule has 29 heavy (non-hydrogen) atoms. The maximum Gasteiger partial charge on any atom is 0.255 e. The van der Waals surface area contributed by atoms with E-state index in [1.54, 1.807) is 28.0 Å². The zero-order valence-corrected chi connectivity index (χ0v) is 16.4. The van der Waals surface area contributed by atoms with Gasteiger partial charge in [0.25, 0.3) is 5.91 Å². The smallest absolute Gasteiger partial charge is 0.255 e. The number of hydrogen-bond acceptors (Lipinski definition) is 6. The SMILES string of the molecule is O=C1CNc2ncc(C(=O)N3CCOCC3CO)cc2N1Cc1ccc(Cl)cc1. The van der Waals surface area contributed by atoms with E-state index >= 15 is 0 Å². The Morgan fingerprint density at radius 3 is 2.90 bits per heavy atom. The first-order valence-corrected chi connectivity index (χ1v) is 9.73. The number of aliphatic hydroxyl groups is 1. The van der Waals surface area contributed by atoms with Gasteiger partial charge in [0.15, 0.2) is 5.82 Å². The van der Waals surface area contributed by atoms with Crippen LogP contribution in [-0.4, -0.2) is 65.8 Å². The number of carbonyl (C=O) groups excluding carboxylic acids is 2. The minimum Gasteiger partial charge on any atom is -0.394 e. The van der Waals surface area contributed by atoms with Crippen molar-refractivity contribution in [3.8, 4) is 0 Å². The van der Waals surface area contributed by atoms with Crippen LogP contribution in [0, 0.1) is 0 Å². The number of anilines is 2. The first kappa shape index (κ1) is 19.6. The number of carbonyl (C=O) groups is 2. The molecule has 1 unspecified atom stereocenters. The quantitative estimate of drug-likeness (QED) is 0.784. The van der Waals surface area contributed by atoms with Crippen LogP contribution in [0.1, 0.15) is 15.9 Å². The lowest BCUT2D eigenvalue weighted by Crippen LogP contribution is -2.50. The van der Waals surface area contributed by atoms with Crippen LogP contribution in [0.4, 0.5) is 11.5 Å². The molecule has 2 N–H and O–H groups in total. The minimum atomic E-state index is -0.391. The van der Waals surface area contributed by atoms with Crippen molar-refractivity contribution in [2.75, 3.05) is 43.1 Å². The van der Waals surface area contributed by atoms with Crippen LogP contribution < -0.4 is 10.2 Å². The Labute approximate surface area is 173 Å². The van der Waals surface area contributed by atoms with E-state index < -0.39 is 6.04 Å². The van der Waals surface area contributed by atoms with Crippen LogP contribution in [0.5, 0.6) is 0 Å². The van der Waals surface area contributed by atoms with Gasteiger partial charge in [-0.25, -0.2) is 4.98 Å². The number of ether oxygens (including phenoxy) is 1. The molecule has 152 valence electrons. The van der Waals surface area contributed by atoms with Crippen LogP contribution in [0.15, 0.2) is 36.5 Å². The summed E-state index contributed by atoms with van der Waals surface area (Å²) >= 11 is 5.95. The number of rotatable bonds is 4. The number of aliphatic hydroxyl groups excluding tert-OH is 1. The lowest BCUT2D eigenvalue weighted by molar-refractivity contribution is -0.117. The molecule has 0 bridgehead atoms. The van der Waals surface area contributed by atoms with Gasteiger partial charge in [0.2, 0.25) is 5.91 Å². The highest BCUT2D eigenvalue weighted by Crippen LogP contribution is 2.30. The van der Waals surface area contributed by atoms with Gasteiger partial charge in [0.1, 0.15) is 0 Å². The number of benzene rings is 1. The Morgan fingerprint density at radius 2 is 2.14 bits per heavy atom. The summed E-state index contributed by atoms with van der Waals surface area (Å²) in [4.78, 5) is 33.2. The monoisotopic (exact) mass is 416 g/mol. The van der Waals surface area contributed by atoms with Crippen molar-refractivity contribution in [3.63, 3.8) is 0 Å². The van der Waals surface area contributed by atoms with E-state index in [4.69, 9.17) is 16.3 Å². The van der Waals surface area contributed by atoms with E-state index in [0.29, 0.717) is 48.4 Å². The largest absolute Gasteiger partial charge is 0.394 e. The average Bonchev–Trinajstić information content (AvgIpc) is 2.76. The second-order valence-electron chi connectivity index (χ2n) is 6.96. The number of halogens is 1. The second kappa shape index (κ2) is 8.36. The Balaban J connectivity index is 1.63. The van der Waals surface area contributed by atoms with Gasteiger partial charge in [-0.15, -0.1) is 0 Å². The molecule has 3 heterocycles. The molecule has 1 saturated heterocycles. The van der Waals surface area contributed by atoms with Crippen molar-refractivity contribution in [1.82, 2.24) is 9.88 Å². The molecular weight excluding hydrogens is 396 g/mol. The standard InChI is InChI=1S/C20H21ClN4O4/c21-15-3-1-13(2-4-15)10-25-17-7-14(8-22-19(17)23-9-18(25)27)20(28)24-5-6-29-12-16(24)11-26/h1-4,7-8,16,26H,5-6,9-12H2,(H,22,23). The lowest BCUT2D eigenvalue weighted by Gasteiger charge is -2.35. The third-order valence-electron chi connectivity index (χ3n) is 5.07. The molecule has 8 nitrogen and oxygen atoms in total. The fourth-order valence-corrected chi connectivity index (χ4v) is 3.61. The van der Waals surface area contributed by atoms with Gasteiger partial charge in [-0.3, -0.25) is 9.59 Å². The van der Waals surface area contributed by atoms with Crippen molar-refractivity contribution in [2.24, 2.45) is 0 Å². The Morgan fingerprint density at radius 1 is 1.34 bits per heavy atom. The number of nitrogens with one attached hydrogen (secondary N) is 1. The summed E-state index contributed by atoms with van der Waals surface area (Å²) in [5.41, 5.74) is 1.83. The molecule has 0 radical (unpaired) electrons. The van der Waals surface area contributed by atoms with E-state index in [1.165, 1.54) is 6.20 Å². The third kappa shape index (κ3) is 4.05. The molecule has 2 amide bonds. The lowest BCUT2D eigenvalue weighted by atomic mass is 10.1. The van der Waals surface area contributed by atoms with Gasteiger partial charge >= 0.3 is 0 Å². The average molecular weight is 417 g/mol. The van der Waals surface area contributed by atoms with E-state index in [2.05, 4.69) is 10.3 Å². The van der Waals surface area contributed by atoms with Crippen molar-refractivity contribution in [3.05, 3.63) is 52.7 Å². The van der Waals surface area contributed by atoms with Crippen molar-refractivity contribution < 1.29 is 19.4 Å². The summed E-state index contributed by atoms with van der Waals surface area (Å²) in [6.45, 7) is 1.42. The number of hydrogen-bond donors (Lipinski definition) is 2. The summed E-state index contributed by atoms with van der Waals surface area (Å²) in [6, 6.07) is 8.55. The van der Waals surface area contributed by atoms with Gasteiger partial charge in [-0.05, 0) is 23.8 Å². The highest BCUT2D eigenvalue weighted by molar-refractivity contribution is 6.30. The third-order valence-corrected chi connectivity index (χ3v) is 5.32. The molecule has 0 saturated carbocycles. The highest BCUT2D eigenvalue weighted by atomic mass is 35.5. The summed E-state index contributed by atoms with van der Waals surface area (Å²) in [5.74, 6) is 0.196. The molecule has 1 fully saturated rings. The first-order valence-electron chi connectivity index (χ1n) is 9.35. The number of aromatic nitrogens is 1. The molecule has 1 aromatic heterocycles. The maximum atomic E-state index is 13.0. The van der Waals surface area contributed by atoms with E-state index in [-0.39, 0.29) is 25.0 Å². The van der Waals surface area contributed by atoms with Crippen LogP contribution >= 0.6 is 11.6 Å². The van der Waals surface area contributed by atoms with Crippen molar-refractivity contribution in [2.45, 2.75) is 12.6 Å². The number of morpholine rings is 1. The minimum absolute atomic E-state index is 0.113. The van der Waals surface area contributed by atoms with Crippen molar-refractivity contribution >= 4 is 34.9 Å². The van der Waals surface area contributed by atoms with Crippen LogP contribution in [0.2, 0.25) is 5.02 Å². The molecule has 4 rings (SSSR count). The summed E-state index contributed by atoms with van der Waals surface area (Å²) in [6.07, 6.45) is 1.49. The predicted molar refractivity (Wildman–Crippen MR) is 108 cm³/mol. The molecule has 1 aromatic carbocycles. The zero-order valence-electron chi connectivity index (χ0n) is 15.7. The summed E-state index contributed by atoms with van der Waals surface area (Å²) in [5, 5.41) is 13.2. The summed E-state index contributed by atoms with van der Waals surface area (Å²) < 4.78 is 5.34. The van der Waals surface area contributed by atoms with Gasteiger partial charge in [-0.1, -0.05) is 23.7 Å². The van der Waals surface area contributed by atoms with Gasteiger partial charge in [-0.2, -0.15) is 0 Å². The fraction of sp³-hybridized carbons (Fsp3) is 0.350. The Kier molecular flexibility index (Phi) is 5.66. The van der Waals surface area contributed by atoms with E-state index in [9.17, 15) is 14.7 Å². The van der Waals surface area contributed by atoms with Gasteiger partial charge in [0.05, 0.1) is 50.2 Å². The van der Waals surface area contributed by atoms with Crippen molar-refractivity contribution in [1.29, 1.82) is 0 Å². The van der Waals surface area contributed by atoms with Gasteiger partial charge in [0, 0.05) is 17.8 Å². The second-order valence-corrected chi connectivity index (χ2v) is 7.40. The number of amides is 2. The van der Waals surface area contributed by atoms with Crippen LogP contribution in [0.3, 0.4) is 0 Å². The van der Waals surface area contributed by atoms with Crippen LogP contribution in [-0.2, 0) is 16.1 Å². The first-order chi connectivity index (χ1) is 14.1. The maximum absolute atomic E-state index is 13.0. The van der Waals surface area contributed by atoms with Gasteiger partial charge < -0.3 is 25.0 Å². The Hall–Kier alpha value is -2.68. The zero-order chi connectivity index (χ0) is 20.4. The number of pyridine rings is 1. The molecule has 2 aliphatic heterocycles. The molecule has 9 heteroatoms. The number of fused-ring (bicyclic) bond motifs is 1. The Bertz CT molecular complexity index is 921. The predicted octanol–water partition coefficient (Wildman–Crippen LogP) is 1.53. The molecule has 1 atom stereocenters. The molecule has 2 aliphatic rings. The molecule has 0 spiro atoms. The van der Waals surface area contributed by atoms with E-state index in [1.807, 2.05) is 12.1 Å². The fourth-order valence-electron chi connectivity index (χ4n) is 3.49. The molecule has 0 aliphatic carbocycles.